The maximum atomic E-state index is 9.39. The number of aromatic nitrogens is 2. The molecule has 20 heavy (non-hydrogen) atoms. The maximum Gasteiger partial charge on any atom is 0.244 e. The van der Waals surface area contributed by atoms with E-state index in [-0.39, 0.29) is 11.8 Å². The zero-order chi connectivity index (χ0) is 14.3. The first-order chi connectivity index (χ1) is 9.61. The molecule has 100 valence electrons. The minimum Gasteiger partial charge on any atom is -0.420 e. The van der Waals surface area contributed by atoms with Gasteiger partial charge in [-0.1, -0.05) is 28.1 Å². The van der Waals surface area contributed by atoms with E-state index in [4.69, 9.17) is 10.5 Å². The third-order valence-corrected chi connectivity index (χ3v) is 3.86. The summed E-state index contributed by atoms with van der Waals surface area (Å²) >= 11 is 3.41. The van der Waals surface area contributed by atoms with Crippen molar-refractivity contribution < 1.29 is 4.74 Å². The lowest BCUT2D eigenvalue weighted by Crippen LogP contribution is -2.21. The number of halogens is 1. The lowest BCUT2D eigenvalue weighted by Gasteiger charge is -2.23. The molecule has 3 rings (SSSR count). The molecule has 0 radical (unpaired) electrons. The summed E-state index contributed by atoms with van der Waals surface area (Å²) in [4.78, 5) is 0. The number of H-pyrrole nitrogens is 1. The van der Waals surface area contributed by atoms with Crippen LogP contribution in [0.15, 0.2) is 40.2 Å². The molecule has 3 N–H and O–H groups in total. The quantitative estimate of drug-likeness (QED) is 0.841. The lowest BCUT2D eigenvalue weighted by atomic mass is 9.84. The predicted octanol–water partition coefficient (Wildman–Crippen LogP) is 2.70. The van der Waals surface area contributed by atoms with Gasteiger partial charge in [-0.3, -0.25) is 5.10 Å². The predicted molar refractivity (Wildman–Crippen MR) is 76.8 cm³/mol. The molecule has 0 aliphatic carbocycles. The van der Waals surface area contributed by atoms with Crippen molar-refractivity contribution in [2.75, 3.05) is 0 Å². The normalized spacial score (nSPS) is 17.4. The van der Waals surface area contributed by atoms with E-state index in [1.807, 2.05) is 31.2 Å². The van der Waals surface area contributed by atoms with Crippen molar-refractivity contribution in [3.05, 3.63) is 57.0 Å². The highest BCUT2D eigenvalue weighted by Crippen LogP contribution is 2.42. The Morgan fingerprint density at radius 2 is 2.10 bits per heavy atom. The second-order valence-corrected chi connectivity index (χ2v) is 5.46. The number of hydrogen-bond donors (Lipinski definition) is 2. The third-order valence-electron chi connectivity index (χ3n) is 3.33. The van der Waals surface area contributed by atoms with Gasteiger partial charge in [-0.15, -0.1) is 5.10 Å². The Balaban J connectivity index is 2.22. The molecule has 2 aromatic rings. The summed E-state index contributed by atoms with van der Waals surface area (Å²) in [6.07, 6.45) is 0. The van der Waals surface area contributed by atoms with Crippen LogP contribution in [0.5, 0.6) is 5.88 Å². The molecule has 0 saturated heterocycles. The van der Waals surface area contributed by atoms with Gasteiger partial charge in [0.05, 0.1) is 5.92 Å². The van der Waals surface area contributed by atoms with Crippen molar-refractivity contribution in [1.29, 1.82) is 5.26 Å². The molecule has 1 aromatic carbocycles. The number of allylic oxidation sites excluding steroid dienone is 1. The fourth-order valence-corrected chi connectivity index (χ4v) is 2.65. The first-order valence-corrected chi connectivity index (χ1v) is 6.79. The molecule has 1 aliphatic heterocycles. The van der Waals surface area contributed by atoms with Gasteiger partial charge in [-0.2, -0.15) is 5.26 Å². The second kappa shape index (κ2) is 4.69. The second-order valence-electron chi connectivity index (χ2n) is 4.54. The van der Waals surface area contributed by atoms with Crippen LogP contribution >= 0.6 is 15.9 Å². The molecule has 0 amide bonds. The van der Waals surface area contributed by atoms with Crippen molar-refractivity contribution >= 4 is 15.9 Å². The molecule has 0 spiro atoms. The van der Waals surface area contributed by atoms with Crippen LogP contribution in [0.4, 0.5) is 0 Å². The Morgan fingerprint density at radius 1 is 1.40 bits per heavy atom. The Hall–Kier alpha value is -2.26. The Bertz CT molecular complexity index is 740. The van der Waals surface area contributed by atoms with Crippen molar-refractivity contribution in [2.45, 2.75) is 12.8 Å². The summed E-state index contributed by atoms with van der Waals surface area (Å²) in [5, 5.41) is 16.4. The molecule has 0 bridgehead atoms. The van der Waals surface area contributed by atoms with Gasteiger partial charge in [0.25, 0.3) is 0 Å². The smallest absolute Gasteiger partial charge is 0.244 e. The molecule has 5 nitrogen and oxygen atoms in total. The fourth-order valence-electron chi connectivity index (χ4n) is 2.39. The monoisotopic (exact) mass is 330 g/mol. The van der Waals surface area contributed by atoms with Gasteiger partial charge in [0.2, 0.25) is 11.8 Å². The third kappa shape index (κ3) is 1.87. The van der Waals surface area contributed by atoms with Crippen molar-refractivity contribution in [3.8, 4) is 11.9 Å². The number of nitrogens with zero attached hydrogens (tertiary/aromatic N) is 2. The summed E-state index contributed by atoms with van der Waals surface area (Å²) in [6, 6.07) is 9.94. The summed E-state index contributed by atoms with van der Waals surface area (Å²) in [5.74, 6) is 0.293. The van der Waals surface area contributed by atoms with E-state index in [9.17, 15) is 5.26 Å². The minimum atomic E-state index is -0.254. The number of nitrogens with two attached hydrogens (primary N) is 1. The largest absolute Gasteiger partial charge is 0.420 e. The zero-order valence-corrected chi connectivity index (χ0v) is 12.2. The fraction of sp³-hybridized carbons (Fsp3) is 0.143. The van der Waals surface area contributed by atoms with Gasteiger partial charge < -0.3 is 10.5 Å². The number of rotatable bonds is 1. The van der Waals surface area contributed by atoms with E-state index >= 15 is 0 Å². The van der Waals surface area contributed by atoms with E-state index in [0.717, 1.165) is 21.3 Å². The van der Waals surface area contributed by atoms with Gasteiger partial charge >= 0.3 is 0 Å². The van der Waals surface area contributed by atoms with Gasteiger partial charge in [0, 0.05) is 15.7 Å². The molecule has 0 saturated carbocycles. The summed E-state index contributed by atoms with van der Waals surface area (Å²) in [5.41, 5.74) is 8.95. The van der Waals surface area contributed by atoms with E-state index in [0.29, 0.717) is 11.5 Å². The van der Waals surface area contributed by atoms with Crippen molar-refractivity contribution in [2.24, 2.45) is 5.73 Å². The SMILES string of the molecule is Cc1[nH]nc2c1C(c1ccc(Br)cc1)C(C#N)=C(N)O2. The average Bonchev–Trinajstić information content (AvgIpc) is 2.79. The van der Waals surface area contributed by atoms with Crippen LogP contribution in [-0.2, 0) is 0 Å². The Morgan fingerprint density at radius 3 is 2.75 bits per heavy atom. The molecule has 1 aromatic heterocycles. The average molecular weight is 331 g/mol. The summed E-state index contributed by atoms with van der Waals surface area (Å²) in [7, 11) is 0. The summed E-state index contributed by atoms with van der Waals surface area (Å²) in [6.45, 7) is 1.90. The molecule has 1 aliphatic rings. The van der Waals surface area contributed by atoms with E-state index in [1.165, 1.54) is 0 Å². The summed E-state index contributed by atoms with van der Waals surface area (Å²) < 4.78 is 6.39. The van der Waals surface area contributed by atoms with Gasteiger partial charge in [-0.25, -0.2) is 0 Å². The molecule has 1 unspecified atom stereocenters. The van der Waals surface area contributed by atoms with Crippen molar-refractivity contribution in [1.82, 2.24) is 10.2 Å². The molecule has 1 atom stereocenters. The number of benzene rings is 1. The first kappa shape index (κ1) is 12.8. The molecule has 0 fully saturated rings. The van der Waals surface area contributed by atoms with Crippen LogP contribution in [0.2, 0.25) is 0 Å². The van der Waals surface area contributed by atoms with E-state index < -0.39 is 0 Å². The highest BCUT2D eigenvalue weighted by Gasteiger charge is 2.33. The molecular formula is C14H11BrN4O. The van der Waals surface area contributed by atoms with Crippen LogP contribution in [0.25, 0.3) is 0 Å². The van der Waals surface area contributed by atoms with Gasteiger partial charge in [0.1, 0.15) is 11.6 Å². The van der Waals surface area contributed by atoms with Crippen molar-refractivity contribution in [3.63, 3.8) is 0 Å². The number of hydrogen-bond acceptors (Lipinski definition) is 4. The highest BCUT2D eigenvalue weighted by molar-refractivity contribution is 9.10. The van der Waals surface area contributed by atoms with E-state index in [1.54, 1.807) is 0 Å². The Kier molecular flexibility index (Phi) is 2.99. The van der Waals surface area contributed by atoms with Crippen LogP contribution in [0.3, 0.4) is 0 Å². The maximum absolute atomic E-state index is 9.39. The van der Waals surface area contributed by atoms with Crippen LogP contribution in [0.1, 0.15) is 22.7 Å². The molecule has 6 heteroatoms. The number of fused-ring (bicyclic) bond motifs is 1. The van der Waals surface area contributed by atoms with E-state index in [2.05, 4.69) is 32.2 Å². The van der Waals surface area contributed by atoms with Gasteiger partial charge in [-0.05, 0) is 24.6 Å². The Labute approximate surface area is 124 Å². The number of ether oxygens (including phenoxy) is 1. The minimum absolute atomic E-state index is 0.111. The zero-order valence-electron chi connectivity index (χ0n) is 10.6. The number of aromatic amines is 1. The topological polar surface area (TPSA) is 87.7 Å². The molecular weight excluding hydrogens is 320 g/mol. The van der Waals surface area contributed by atoms with Crippen LogP contribution in [0, 0.1) is 18.3 Å². The van der Waals surface area contributed by atoms with Gasteiger partial charge in [0.15, 0.2) is 0 Å². The highest BCUT2D eigenvalue weighted by atomic mass is 79.9. The number of aryl methyl sites for hydroxylation is 1. The van der Waals surface area contributed by atoms with Crippen LogP contribution in [-0.4, -0.2) is 10.2 Å². The first-order valence-electron chi connectivity index (χ1n) is 5.99. The standard InChI is InChI=1S/C14H11BrN4O/c1-7-11-12(8-2-4-9(15)5-3-8)10(6-16)13(17)20-14(11)19-18-7/h2-5,12H,17H2,1H3,(H,18,19). The molecule has 2 heterocycles. The number of nitriles is 1. The van der Waals surface area contributed by atoms with Crippen LogP contribution < -0.4 is 10.5 Å². The number of nitrogens with one attached hydrogen (secondary N) is 1. The lowest BCUT2D eigenvalue weighted by molar-refractivity contribution is 0.379.